The molecular weight excluding hydrogens is 458 g/mol. The fourth-order valence-electron chi connectivity index (χ4n) is 4.33. The molecule has 8 heteroatoms. The summed E-state index contributed by atoms with van der Waals surface area (Å²) in [4.78, 5) is 33.3. The third-order valence-corrected chi connectivity index (χ3v) is 6.70. The molecule has 36 heavy (non-hydrogen) atoms. The van der Waals surface area contributed by atoms with Crippen LogP contribution in [-0.2, 0) is 6.54 Å². The van der Waals surface area contributed by atoms with Crippen molar-refractivity contribution < 1.29 is 24.5 Å². The van der Waals surface area contributed by atoms with Gasteiger partial charge in [0, 0.05) is 43.2 Å². The van der Waals surface area contributed by atoms with Gasteiger partial charge in [0.25, 0.3) is 5.91 Å². The van der Waals surface area contributed by atoms with Crippen LogP contribution in [0.2, 0.25) is 0 Å². The maximum absolute atomic E-state index is 13.5. The number of aromatic carboxylic acids is 1. The number of hydrogen-bond donors (Lipinski definition) is 2. The van der Waals surface area contributed by atoms with Crippen LogP contribution in [0.25, 0.3) is 0 Å². The van der Waals surface area contributed by atoms with E-state index in [-0.39, 0.29) is 42.0 Å². The predicted molar refractivity (Wildman–Crippen MR) is 135 cm³/mol. The van der Waals surface area contributed by atoms with Crippen LogP contribution in [0.3, 0.4) is 0 Å². The lowest BCUT2D eigenvalue weighted by molar-refractivity contribution is 0.0325. The summed E-state index contributed by atoms with van der Waals surface area (Å²) in [7, 11) is 1.91. The number of likely N-dealkylation sites (N-methyl/N-ethyl adjacent to an activating group) is 1. The monoisotopic (exact) mass is 491 g/mol. The van der Waals surface area contributed by atoms with Crippen LogP contribution in [-0.4, -0.2) is 75.8 Å². The first-order valence-electron chi connectivity index (χ1n) is 12.4. The van der Waals surface area contributed by atoms with Gasteiger partial charge in [-0.1, -0.05) is 37.0 Å². The number of hydrogen-bond acceptors (Lipinski definition) is 6. The van der Waals surface area contributed by atoms with Gasteiger partial charge >= 0.3 is 5.97 Å². The lowest BCUT2D eigenvalue weighted by Gasteiger charge is -2.37. The third kappa shape index (κ3) is 6.04. The minimum atomic E-state index is -0.958. The van der Waals surface area contributed by atoms with Crippen molar-refractivity contribution in [3.63, 3.8) is 0 Å². The average molecular weight is 492 g/mol. The molecule has 1 aromatic heterocycles. The Hall–Kier alpha value is -3.41. The highest BCUT2D eigenvalue weighted by Crippen LogP contribution is 2.29. The first-order valence-corrected chi connectivity index (χ1v) is 12.4. The van der Waals surface area contributed by atoms with Crippen molar-refractivity contribution in [2.24, 2.45) is 11.8 Å². The molecular formula is C28H33N3O5. The van der Waals surface area contributed by atoms with Crippen LogP contribution >= 0.6 is 0 Å². The smallest absolute Gasteiger partial charge is 0.336 e. The van der Waals surface area contributed by atoms with Gasteiger partial charge < -0.3 is 19.8 Å². The molecule has 0 bridgehead atoms. The molecule has 1 fully saturated rings. The van der Waals surface area contributed by atoms with Gasteiger partial charge in [-0.2, -0.15) is 0 Å². The second-order valence-corrected chi connectivity index (χ2v) is 9.90. The second-order valence-electron chi connectivity index (χ2n) is 9.90. The van der Waals surface area contributed by atoms with Gasteiger partial charge in [0.2, 0.25) is 5.88 Å². The quantitative estimate of drug-likeness (QED) is 0.574. The highest BCUT2D eigenvalue weighted by atomic mass is 16.5. The molecule has 0 radical (unpaired) electrons. The summed E-state index contributed by atoms with van der Waals surface area (Å²) >= 11 is 0. The number of carboxylic acid groups (broad SMARTS) is 1. The number of carbonyl (C=O) groups is 2. The highest BCUT2D eigenvalue weighted by molar-refractivity contribution is 5.97. The molecule has 0 spiro atoms. The number of benzene rings is 1. The Morgan fingerprint density at radius 1 is 1.33 bits per heavy atom. The van der Waals surface area contributed by atoms with Crippen molar-refractivity contribution in [3.8, 4) is 17.7 Å². The molecule has 2 aliphatic rings. The van der Waals surface area contributed by atoms with Crippen molar-refractivity contribution in [2.75, 3.05) is 26.7 Å². The summed E-state index contributed by atoms with van der Waals surface area (Å²) < 4.78 is 6.33. The van der Waals surface area contributed by atoms with E-state index < -0.39 is 5.97 Å². The van der Waals surface area contributed by atoms with Crippen molar-refractivity contribution >= 4 is 11.9 Å². The molecule has 2 heterocycles. The minimum absolute atomic E-state index is 0.0654. The largest absolute Gasteiger partial charge is 0.478 e. The predicted octanol–water partition coefficient (Wildman–Crippen LogP) is 2.89. The highest BCUT2D eigenvalue weighted by Gasteiger charge is 2.34. The van der Waals surface area contributed by atoms with E-state index >= 15 is 0 Å². The second kappa shape index (κ2) is 11.1. The number of aliphatic hydroxyl groups excluding tert-OH is 1. The number of rotatable bonds is 7. The molecule has 1 aromatic carbocycles. The lowest BCUT2D eigenvalue weighted by Crippen LogP contribution is -2.49. The van der Waals surface area contributed by atoms with Gasteiger partial charge in [0.15, 0.2) is 0 Å². The molecule has 0 saturated heterocycles. The molecule has 2 aromatic rings. The zero-order valence-corrected chi connectivity index (χ0v) is 21.0. The summed E-state index contributed by atoms with van der Waals surface area (Å²) in [5.41, 5.74) is 2.00. The van der Waals surface area contributed by atoms with Crippen LogP contribution in [0.1, 0.15) is 58.5 Å². The zero-order chi connectivity index (χ0) is 25.8. The number of aliphatic hydroxyl groups is 1. The van der Waals surface area contributed by atoms with E-state index in [2.05, 4.69) is 16.8 Å². The Balaban J connectivity index is 1.60. The summed E-state index contributed by atoms with van der Waals surface area (Å²) in [5, 5.41) is 19.4. The van der Waals surface area contributed by atoms with Crippen LogP contribution in [0, 0.1) is 23.7 Å². The van der Waals surface area contributed by atoms with E-state index in [0.29, 0.717) is 42.2 Å². The van der Waals surface area contributed by atoms with Gasteiger partial charge in [-0.25, -0.2) is 9.78 Å². The molecule has 1 amide bonds. The van der Waals surface area contributed by atoms with Crippen LogP contribution in [0.5, 0.6) is 5.88 Å². The van der Waals surface area contributed by atoms with E-state index in [0.717, 1.165) is 12.8 Å². The van der Waals surface area contributed by atoms with Crippen LogP contribution in [0.4, 0.5) is 0 Å². The Labute approximate surface area is 211 Å². The van der Waals surface area contributed by atoms with Crippen molar-refractivity contribution in [2.45, 2.75) is 45.4 Å². The van der Waals surface area contributed by atoms with Crippen molar-refractivity contribution in [3.05, 3.63) is 58.8 Å². The number of carboxylic acids is 1. The molecule has 1 aliphatic heterocycles. The molecule has 2 N–H and O–H groups in total. The molecule has 4 rings (SSSR count). The molecule has 8 nitrogen and oxygen atoms in total. The van der Waals surface area contributed by atoms with E-state index in [4.69, 9.17) is 4.74 Å². The number of pyridine rings is 1. The number of aromatic nitrogens is 1. The number of carbonyl (C=O) groups excluding carboxylic acids is 1. The summed E-state index contributed by atoms with van der Waals surface area (Å²) in [6, 6.07) is 8.32. The molecule has 190 valence electrons. The Morgan fingerprint density at radius 3 is 2.78 bits per heavy atom. The number of nitrogens with zero attached hydrogens (tertiary/aromatic N) is 3. The average Bonchev–Trinajstić information content (AvgIpc) is 3.69. The van der Waals surface area contributed by atoms with Crippen LogP contribution in [0.15, 0.2) is 36.5 Å². The molecule has 1 saturated carbocycles. The lowest BCUT2D eigenvalue weighted by atomic mass is 9.99. The zero-order valence-electron chi connectivity index (χ0n) is 21.0. The first-order chi connectivity index (χ1) is 17.3. The van der Waals surface area contributed by atoms with E-state index in [1.807, 2.05) is 37.9 Å². The van der Waals surface area contributed by atoms with Gasteiger partial charge in [0.1, 0.15) is 11.7 Å². The van der Waals surface area contributed by atoms with Gasteiger partial charge in [-0.15, -0.1) is 0 Å². The van der Waals surface area contributed by atoms with Crippen molar-refractivity contribution in [1.82, 2.24) is 14.8 Å². The van der Waals surface area contributed by atoms with E-state index in [1.54, 1.807) is 29.3 Å². The number of ether oxygens (including phenoxy) is 1. The SMILES string of the molecule is C[C@H](CO)N1C[C@H](C)[C@@H](CN(C)Cc2ccccc2C(=O)O)Oc2ncc(C#CC3CC3)cc2C1=O. The number of amides is 1. The summed E-state index contributed by atoms with van der Waals surface area (Å²) in [5.74, 6) is 5.75. The van der Waals surface area contributed by atoms with E-state index in [1.165, 1.54) is 0 Å². The standard InChI is InChI=1S/C28H33N3O5/c1-18-14-31(19(2)17-32)27(33)24-12-21(11-10-20-8-9-20)13-29-26(24)36-25(18)16-30(3)15-22-6-4-5-7-23(22)28(34)35/h4-7,12-13,18-20,25,32H,8-9,14-17H2,1-3H3,(H,34,35)/t18-,19+,25+/m0/s1. The topological polar surface area (TPSA) is 103 Å². The van der Waals surface area contributed by atoms with Gasteiger partial charge in [-0.05, 0) is 44.5 Å². The fraction of sp³-hybridized carbons (Fsp3) is 0.464. The first kappa shape index (κ1) is 25.7. The number of fused-ring (bicyclic) bond motifs is 1. The summed E-state index contributed by atoms with van der Waals surface area (Å²) in [6.07, 6.45) is 3.54. The Morgan fingerprint density at radius 2 is 2.08 bits per heavy atom. The summed E-state index contributed by atoms with van der Waals surface area (Å²) in [6.45, 7) is 5.01. The maximum atomic E-state index is 13.5. The fourth-order valence-corrected chi connectivity index (χ4v) is 4.33. The van der Waals surface area contributed by atoms with Crippen LogP contribution < -0.4 is 4.74 Å². The minimum Gasteiger partial charge on any atom is -0.478 e. The Kier molecular flexibility index (Phi) is 7.92. The van der Waals surface area contributed by atoms with Gasteiger partial charge in [-0.3, -0.25) is 9.69 Å². The Bertz CT molecular complexity index is 1180. The third-order valence-electron chi connectivity index (χ3n) is 6.70. The molecule has 0 unspecified atom stereocenters. The van der Waals surface area contributed by atoms with Crippen molar-refractivity contribution in [1.29, 1.82) is 0 Å². The molecule has 3 atom stereocenters. The normalized spacial score (nSPS) is 20.5. The maximum Gasteiger partial charge on any atom is 0.336 e. The van der Waals surface area contributed by atoms with Gasteiger partial charge in [0.05, 0.1) is 18.2 Å². The van der Waals surface area contributed by atoms with E-state index in [9.17, 15) is 19.8 Å². The molecule has 1 aliphatic carbocycles.